The van der Waals surface area contributed by atoms with Crippen molar-refractivity contribution in [3.05, 3.63) is 95.6 Å². The van der Waals surface area contributed by atoms with Crippen LogP contribution in [0, 0.1) is 0 Å². The van der Waals surface area contributed by atoms with Crippen molar-refractivity contribution in [2.45, 2.75) is 12.2 Å². The Hall–Kier alpha value is -3.24. The zero-order valence-electron chi connectivity index (χ0n) is 13.8. The summed E-state index contributed by atoms with van der Waals surface area (Å²) in [5.41, 5.74) is 3.84. The quantitative estimate of drug-likeness (QED) is 0.551. The Morgan fingerprint density at radius 3 is 1.92 bits per heavy atom. The fourth-order valence-electron chi connectivity index (χ4n) is 3.00. The number of hydrogen-bond acceptors (Lipinski definition) is 3. The molecule has 128 valence electrons. The maximum absolute atomic E-state index is 12.5. The minimum atomic E-state index is -1.01. The molecule has 2 unspecified atom stereocenters. The average molecular weight is 344 g/mol. The molecule has 1 fully saturated rings. The second-order valence-corrected chi connectivity index (χ2v) is 6.21. The Bertz CT molecular complexity index is 944. The lowest BCUT2D eigenvalue weighted by atomic mass is 9.99. The van der Waals surface area contributed by atoms with Gasteiger partial charge in [-0.25, -0.2) is 4.79 Å². The number of carboxylic acids is 1. The second kappa shape index (κ2) is 6.58. The largest absolute Gasteiger partial charge is 0.478 e. The lowest BCUT2D eigenvalue weighted by molar-refractivity contribution is 0.0696. The maximum Gasteiger partial charge on any atom is 0.335 e. The molecule has 0 saturated carbocycles. The van der Waals surface area contributed by atoms with Crippen LogP contribution in [0.5, 0.6) is 0 Å². The van der Waals surface area contributed by atoms with Crippen LogP contribution in [-0.2, 0) is 4.74 Å². The third-order valence-electron chi connectivity index (χ3n) is 4.51. The fraction of sp³-hybridized carbons (Fsp3) is 0.0909. The number of rotatable bonds is 5. The van der Waals surface area contributed by atoms with Gasteiger partial charge in [-0.1, -0.05) is 66.7 Å². The van der Waals surface area contributed by atoms with Gasteiger partial charge in [0.2, 0.25) is 0 Å². The summed E-state index contributed by atoms with van der Waals surface area (Å²) in [5.74, 6) is -1.14. The molecule has 0 amide bonds. The molecule has 3 aromatic rings. The molecular formula is C22H16O4. The topological polar surface area (TPSA) is 66.9 Å². The summed E-state index contributed by atoms with van der Waals surface area (Å²) in [6.45, 7) is 0. The third kappa shape index (κ3) is 3.15. The standard InChI is InChI=1S/C22H16O4/c23-19(16-8-12-18(13-9-16)22(24)25)21-20(26-21)17-10-6-15(7-11-17)14-4-2-1-3-5-14/h1-13,20-21H,(H,24,25). The molecule has 4 heteroatoms. The highest BCUT2D eigenvalue weighted by Gasteiger charge is 2.46. The molecule has 0 aliphatic carbocycles. The van der Waals surface area contributed by atoms with Gasteiger partial charge < -0.3 is 9.84 Å². The highest BCUT2D eigenvalue weighted by molar-refractivity contribution is 6.02. The monoisotopic (exact) mass is 344 g/mol. The summed E-state index contributed by atoms with van der Waals surface area (Å²) in [7, 11) is 0. The van der Waals surface area contributed by atoms with E-state index in [4.69, 9.17) is 9.84 Å². The van der Waals surface area contributed by atoms with Gasteiger partial charge >= 0.3 is 5.97 Å². The first-order valence-electron chi connectivity index (χ1n) is 8.32. The molecule has 1 N–H and O–H groups in total. The van der Waals surface area contributed by atoms with Crippen LogP contribution < -0.4 is 0 Å². The zero-order chi connectivity index (χ0) is 18.1. The molecule has 1 saturated heterocycles. The van der Waals surface area contributed by atoms with E-state index in [1.165, 1.54) is 24.3 Å². The van der Waals surface area contributed by atoms with Crippen molar-refractivity contribution in [2.75, 3.05) is 0 Å². The van der Waals surface area contributed by atoms with E-state index in [1.807, 2.05) is 42.5 Å². The van der Waals surface area contributed by atoms with Crippen LogP contribution in [0.15, 0.2) is 78.9 Å². The summed E-state index contributed by atoms with van der Waals surface area (Å²) in [6, 6.07) is 24.0. The summed E-state index contributed by atoms with van der Waals surface area (Å²) >= 11 is 0. The molecule has 0 aromatic heterocycles. The second-order valence-electron chi connectivity index (χ2n) is 6.21. The molecule has 1 aliphatic rings. The van der Waals surface area contributed by atoms with Gasteiger partial charge in [-0.15, -0.1) is 0 Å². The molecule has 1 aliphatic heterocycles. The van der Waals surface area contributed by atoms with Crippen LogP contribution in [0.1, 0.15) is 32.4 Å². The first-order valence-corrected chi connectivity index (χ1v) is 8.32. The number of aromatic carboxylic acids is 1. The van der Waals surface area contributed by atoms with Crippen molar-refractivity contribution >= 4 is 11.8 Å². The minimum Gasteiger partial charge on any atom is -0.478 e. The predicted molar refractivity (Wildman–Crippen MR) is 97.2 cm³/mol. The van der Waals surface area contributed by atoms with Gasteiger partial charge in [0.25, 0.3) is 0 Å². The van der Waals surface area contributed by atoms with Crippen molar-refractivity contribution in [3.63, 3.8) is 0 Å². The number of carboxylic acid groups (broad SMARTS) is 1. The van der Waals surface area contributed by atoms with Gasteiger partial charge in [-0.05, 0) is 28.8 Å². The van der Waals surface area contributed by atoms with Crippen molar-refractivity contribution in [2.24, 2.45) is 0 Å². The SMILES string of the molecule is O=C(O)c1ccc(C(=O)C2OC2c2ccc(-c3ccccc3)cc2)cc1. The Balaban J connectivity index is 1.46. The lowest BCUT2D eigenvalue weighted by Crippen LogP contribution is -2.08. The Kier molecular flexibility index (Phi) is 4.11. The van der Waals surface area contributed by atoms with E-state index < -0.39 is 12.1 Å². The number of hydrogen-bond donors (Lipinski definition) is 1. The molecule has 0 radical (unpaired) electrons. The molecule has 3 aromatic carbocycles. The number of Topliss-reactive ketones (excluding diaryl/α,β-unsaturated/α-hetero) is 1. The fourth-order valence-corrected chi connectivity index (χ4v) is 3.00. The smallest absolute Gasteiger partial charge is 0.335 e. The molecular weight excluding hydrogens is 328 g/mol. The normalized spacial score (nSPS) is 18.3. The van der Waals surface area contributed by atoms with Gasteiger partial charge in [-0.2, -0.15) is 0 Å². The van der Waals surface area contributed by atoms with Crippen LogP contribution in [0.3, 0.4) is 0 Å². The van der Waals surface area contributed by atoms with Crippen LogP contribution in [0.2, 0.25) is 0 Å². The van der Waals surface area contributed by atoms with Crippen molar-refractivity contribution in [1.29, 1.82) is 0 Å². The zero-order valence-corrected chi connectivity index (χ0v) is 13.8. The molecule has 4 nitrogen and oxygen atoms in total. The molecule has 4 rings (SSSR count). The van der Waals surface area contributed by atoms with E-state index in [0.29, 0.717) is 5.56 Å². The average Bonchev–Trinajstić information content (AvgIpc) is 3.49. The highest BCUT2D eigenvalue weighted by atomic mass is 16.6. The number of ether oxygens (including phenoxy) is 1. The number of benzene rings is 3. The first-order chi connectivity index (χ1) is 12.6. The van der Waals surface area contributed by atoms with E-state index >= 15 is 0 Å². The van der Waals surface area contributed by atoms with Crippen molar-refractivity contribution in [3.8, 4) is 11.1 Å². The number of carbonyl (C=O) groups excluding carboxylic acids is 1. The summed E-state index contributed by atoms with van der Waals surface area (Å²) in [5, 5.41) is 8.92. The highest BCUT2D eigenvalue weighted by Crippen LogP contribution is 2.41. The molecule has 26 heavy (non-hydrogen) atoms. The number of carbonyl (C=O) groups is 2. The van der Waals surface area contributed by atoms with Gasteiger partial charge in [0, 0.05) is 5.56 Å². The maximum atomic E-state index is 12.5. The molecule has 0 spiro atoms. The summed E-state index contributed by atoms with van der Waals surface area (Å²) < 4.78 is 5.58. The van der Waals surface area contributed by atoms with E-state index in [-0.39, 0.29) is 17.5 Å². The Morgan fingerprint density at radius 1 is 0.731 bits per heavy atom. The van der Waals surface area contributed by atoms with Crippen LogP contribution in [-0.4, -0.2) is 23.0 Å². The lowest BCUT2D eigenvalue weighted by Gasteiger charge is -2.03. The van der Waals surface area contributed by atoms with Crippen molar-refractivity contribution < 1.29 is 19.4 Å². The summed E-state index contributed by atoms with van der Waals surface area (Å²) in [6.07, 6.45) is -0.750. The minimum absolute atomic E-state index is 0.126. The molecule has 2 atom stereocenters. The molecule has 0 bridgehead atoms. The van der Waals surface area contributed by atoms with Crippen LogP contribution >= 0.6 is 0 Å². The van der Waals surface area contributed by atoms with Crippen LogP contribution in [0.4, 0.5) is 0 Å². The van der Waals surface area contributed by atoms with Gasteiger partial charge in [0.05, 0.1) is 5.56 Å². The Labute approximate surface area is 150 Å². The third-order valence-corrected chi connectivity index (χ3v) is 4.51. The van der Waals surface area contributed by atoms with E-state index in [1.54, 1.807) is 0 Å². The van der Waals surface area contributed by atoms with E-state index in [0.717, 1.165) is 16.7 Å². The van der Waals surface area contributed by atoms with Gasteiger partial charge in [-0.3, -0.25) is 4.79 Å². The first kappa shape index (κ1) is 16.2. The van der Waals surface area contributed by atoms with E-state index in [9.17, 15) is 9.59 Å². The van der Waals surface area contributed by atoms with E-state index in [2.05, 4.69) is 12.1 Å². The van der Waals surface area contributed by atoms with Gasteiger partial charge in [0.15, 0.2) is 11.9 Å². The number of ketones is 1. The predicted octanol–water partition coefficient (Wildman–Crippen LogP) is 4.37. The van der Waals surface area contributed by atoms with Gasteiger partial charge in [0.1, 0.15) is 6.10 Å². The molecule has 1 heterocycles. The van der Waals surface area contributed by atoms with Crippen LogP contribution in [0.25, 0.3) is 11.1 Å². The Morgan fingerprint density at radius 2 is 1.31 bits per heavy atom. The summed E-state index contributed by atoms with van der Waals surface area (Å²) in [4.78, 5) is 23.4. The number of epoxide rings is 1. The van der Waals surface area contributed by atoms with Crippen molar-refractivity contribution in [1.82, 2.24) is 0 Å².